The second kappa shape index (κ2) is 10.7. The highest BCUT2D eigenvalue weighted by Gasteiger charge is 2.25. The Hall–Kier alpha value is -3.57. The summed E-state index contributed by atoms with van der Waals surface area (Å²) in [4.78, 5) is 55.6. The van der Waals surface area contributed by atoms with Gasteiger partial charge in [-0.15, -0.1) is 0 Å². The molecule has 29 heavy (non-hydrogen) atoms. The first-order valence-corrected chi connectivity index (χ1v) is 8.75. The summed E-state index contributed by atoms with van der Waals surface area (Å²) in [7, 11) is 0. The molecule has 0 unspecified atom stereocenters. The van der Waals surface area contributed by atoms with E-state index >= 15 is 0 Å². The fourth-order valence-corrected chi connectivity index (χ4v) is 2.46. The van der Waals surface area contributed by atoms with Crippen LogP contribution in [0.1, 0.15) is 43.5 Å². The molecule has 12 nitrogen and oxygen atoms in total. The molecule has 0 aliphatic rings. The van der Waals surface area contributed by atoms with Gasteiger partial charge in [-0.05, 0) is 18.8 Å². The van der Waals surface area contributed by atoms with Crippen molar-refractivity contribution < 1.29 is 29.3 Å². The molecule has 0 spiro atoms. The highest BCUT2D eigenvalue weighted by Crippen LogP contribution is 2.23. The third kappa shape index (κ3) is 7.91. The van der Waals surface area contributed by atoms with E-state index in [9.17, 15) is 34.6 Å². The Morgan fingerprint density at radius 3 is 2.07 bits per heavy atom. The van der Waals surface area contributed by atoms with Crippen LogP contribution in [0.3, 0.4) is 0 Å². The van der Waals surface area contributed by atoms with E-state index in [-0.39, 0.29) is 37.3 Å². The lowest BCUT2D eigenvalue weighted by molar-refractivity contribution is -0.394. The number of carboxylic acids is 1. The standard InChI is InChI=1S/C17H22N4O8/c1-10(2)6-14(17(25)18-5-3-4-15(22)23)19-16(24)11-7-12(20(26)27)9-13(8-11)21(28)29/h7-10,14H,3-6H2,1-2H3,(H,18,25)(H,19,24)(H,22,23)/t14-/m0/s1. The number of rotatable bonds is 11. The maximum Gasteiger partial charge on any atom is 0.303 e. The molecule has 1 aromatic carbocycles. The number of hydrogen-bond acceptors (Lipinski definition) is 7. The Morgan fingerprint density at radius 2 is 1.62 bits per heavy atom. The number of hydrogen-bond donors (Lipinski definition) is 3. The van der Waals surface area contributed by atoms with E-state index in [1.165, 1.54) is 0 Å². The average Bonchev–Trinajstić information content (AvgIpc) is 2.63. The zero-order valence-corrected chi connectivity index (χ0v) is 15.9. The lowest BCUT2D eigenvalue weighted by atomic mass is 10.0. The van der Waals surface area contributed by atoms with Crippen LogP contribution in [-0.4, -0.2) is 45.3 Å². The summed E-state index contributed by atoms with van der Waals surface area (Å²) < 4.78 is 0. The first kappa shape index (κ1) is 23.5. The molecule has 158 valence electrons. The van der Waals surface area contributed by atoms with Crippen molar-refractivity contribution >= 4 is 29.2 Å². The van der Waals surface area contributed by atoms with Gasteiger partial charge in [0.25, 0.3) is 17.3 Å². The molecule has 1 rings (SSSR count). The van der Waals surface area contributed by atoms with Crippen molar-refractivity contribution in [1.29, 1.82) is 0 Å². The van der Waals surface area contributed by atoms with Crippen molar-refractivity contribution in [2.75, 3.05) is 6.54 Å². The van der Waals surface area contributed by atoms with Crippen LogP contribution in [0, 0.1) is 26.1 Å². The van der Waals surface area contributed by atoms with Crippen LogP contribution in [-0.2, 0) is 9.59 Å². The van der Waals surface area contributed by atoms with Gasteiger partial charge in [-0.3, -0.25) is 34.6 Å². The lowest BCUT2D eigenvalue weighted by Crippen LogP contribution is -2.47. The van der Waals surface area contributed by atoms with E-state index in [1.807, 2.05) is 13.8 Å². The Bertz CT molecular complexity index is 776. The number of non-ortho nitro benzene ring substituents is 2. The number of amides is 2. The fourth-order valence-electron chi connectivity index (χ4n) is 2.46. The summed E-state index contributed by atoms with van der Waals surface area (Å²) in [5, 5.41) is 35.5. The molecule has 0 aromatic heterocycles. The number of carbonyl (C=O) groups is 3. The minimum atomic E-state index is -1.00. The SMILES string of the molecule is CC(C)C[C@H](NC(=O)c1cc([N+](=O)[O-])cc([N+](=O)[O-])c1)C(=O)NCCCC(=O)O. The molecule has 1 aromatic rings. The number of carbonyl (C=O) groups excluding carboxylic acids is 2. The smallest absolute Gasteiger partial charge is 0.303 e. The molecular weight excluding hydrogens is 388 g/mol. The zero-order valence-electron chi connectivity index (χ0n) is 15.9. The van der Waals surface area contributed by atoms with E-state index < -0.39 is 45.0 Å². The number of nitro groups is 2. The van der Waals surface area contributed by atoms with E-state index in [4.69, 9.17) is 5.11 Å². The Balaban J connectivity index is 2.97. The highest BCUT2D eigenvalue weighted by molar-refractivity contribution is 5.98. The van der Waals surface area contributed by atoms with Gasteiger partial charge in [0, 0.05) is 25.1 Å². The molecule has 0 radical (unpaired) electrons. The molecule has 1 atom stereocenters. The molecule has 0 heterocycles. The molecule has 0 saturated heterocycles. The van der Waals surface area contributed by atoms with Gasteiger partial charge in [0.2, 0.25) is 5.91 Å². The van der Waals surface area contributed by atoms with Gasteiger partial charge in [0.05, 0.1) is 21.5 Å². The van der Waals surface area contributed by atoms with Crippen LogP contribution in [0.15, 0.2) is 18.2 Å². The first-order valence-electron chi connectivity index (χ1n) is 8.75. The van der Waals surface area contributed by atoms with Crippen molar-refractivity contribution in [1.82, 2.24) is 10.6 Å². The molecule has 0 bridgehead atoms. The number of benzene rings is 1. The van der Waals surface area contributed by atoms with Gasteiger partial charge < -0.3 is 15.7 Å². The predicted octanol–water partition coefficient (Wildman–Crippen LogP) is 1.63. The van der Waals surface area contributed by atoms with Crippen molar-refractivity contribution in [2.45, 2.75) is 39.2 Å². The summed E-state index contributed by atoms with van der Waals surface area (Å²) in [5.41, 5.74) is -1.57. The van der Waals surface area contributed by atoms with E-state index in [2.05, 4.69) is 10.6 Å². The minimum absolute atomic E-state index is 0.00418. The van der Waals surface area contributed by atoms with E-state index in [0.717, 1.165) is 18.2 Å². The van der Waals surface area contributed by atoms with Crippen LogP contribution in [0.25, 0.3) is 0 Å². The second-order valence-electron chi connectivity index (χ2n) is 6.70. The van der Waals surface area contributed by atoms with Gasteiger partial charge >= 0.3 is 5.97 Å². The molecule has 0 fully saturated rings. The molecule has 0 aliphatic heterocycles. The first-order chi connectivity index (χ1) is 13.5. The maximum atomic E-state index is 12.5. The summed E-state index contributed by atoms with van der Waals surface area (Å²) in [6.07, 6.45) is 0.326. The van der Waals surface area contributed by atoms with Crippen LogP contribution in [0.2, 0.25) is 0 Å². The predicted molar refractivity (Wildman–Crippen MR) is 100 cm³/mol. The number of carboxylic acid groups (broad SMARTS) is 1. The number of nitro benzene ring substituents is 2. The van der Waals surface area contributed by atoms with Gasteiger partial charge in [0.15, 0.2) is 0 Å². The Kier molecular flexibility index (Phi) is 8.65. The van der Waals surface area contributed by atoms with Crippen LogP contribution < -0.4 is 10.6 Å². The minimum Gasteiger partial charge on any atom is -0.481 e. The lowest BCUT2D eigenvalue weighted by Gasteiger charge is -2.20. The van der Waals surface area contributed by atoms with E-state index in [0.29, 0.717) is 0 Å². The summed E-state index contributed by atoms with van der Waals surface area (Å²) >= 11 is 0. The summed E-state index contributed by atoms with van der Waals surface area (Å²) in [5.74, 6) is -2.41. The van der Waals surface area contributed by atoms with Gasteiger partial charge in [-0.25, -0.2) is 0 Å². The van der Waals surface area contributed by atoms with Crippen LogP contribution >= 0.6 is 0 Å². The quantitative estimate of drug-likeness (QED) is 0.279. The number of aliphatic carboxylic acids is 1. The van der Waals surface area contributed by atoms with Crippen molar-refractivity contribution in [2.24, 2.45) is 5.92 Å². The summed E-state index contributed by atoms with van der Waals surface area (Å²) in [6.45, 7) is 3.72. The normalized spacial score (nSPS) is 11.6. The molecule has 2 amide bonds. The molecule has 0 saturated carbocycles. The van der Waals surface area contributed by atoms with Gasteiger partial charge in [0.1, 0.15) is 6.04 Å². The molecular formula is C17H22N4O8. The largest absolute Gasteiger partial charge is 0.481 e. The van der Waals surface area contributed by atoms with Gasteiger partial charge in [-0.1, -0.05) is 13.8 Å². The molecule has 12 heteroatoms. The van der Waals surface area contributed by atoms with Crippen molar-refractivity contribution in [3.8, 4) is 0 Å². The van der Waals surface area contributed by atoms with Crippen LogP contribution in [0.5, 0.6) is 0 Å². The Labute approximate surface area is 165 Å². The van der Waals surface area contributed by atoms with E-state index in [1.54, 1.807) is 0 Å². The number of nitrogens with one attached hydrogen (secondary N) is 2. The topological polar surface area (TPSA) is 182 Å². The maximum absolute atomic E-state index is 12.5. The second-order valence-corrected chi connectivity index (χ2v) is 6.70. The highest BCUT2D eigenvalue weighted by atomic mass is 16.6. The average molecular weight is 410 g/mol. The van der Waals surface area contributed by atoms with Crippen molar-refractivity contribution in [3.63, 3.8) is 0 Å². The fraction of sp³-hybridized carbons (Fsp3) is 0.471. The summed E-state index contributed by atoms with van der Waals surface area (Å²) in [6, 6.07) is 1.52. The van der Waals surface area contributed by atoms with Gasteiger partial charge in [-0.2, -0.15) is 0 Å². The van der Waals surface area contributed by atoms with Crippen molar-refractivity contribution in [3.05, 3.63) is 44.0 Å². The third-order valence-corrected chi connectivity index (χ3v) is 3.78. The third-order valence-electron chi connectivity index (χ3n) is 3.78. The monoisotopic (exact) mass is 410 g/mol. The van der Waals surface area contributed by atoms with Crippen LogP contribution in [0.4, 0.5) is 11.4 Å². The zero-order chi connectivity index (χ0) is 22.1. The number of nitrogens with zero attached hydrogens (tertiary/aromatic N) is 2. The molecule has 3 N–H and O–H groups in total. The Morgan fingerprint density at radius 1 is 1.07 bits per heavy atom. The molecule has 0 aliphatic carbocycles.